The highest BCUT2D eigenvalue weighted by Gasteiger charge is 2.74. The van der Waals surface area contributed by atoms with Gasteiger partial charge in [-0.25, -0.2) is 0 Å². The minimum atomic E-state index is -0.963. The highest BCUT2D eigenvalue weighted by Crippen LogP contribution is 2.58. The van der Waals surface area contributed by atoms with Gasteiger partial charge in [-0.1, -0.05) is 31.9 Å². The first-order chi connectivity index (χ1) is 16.9. The van der Waals surface area contributed by atoms with Gasteiger partial charge in [-0.3, -0.25) is 14.4 Å². The summed E-state index contributed by atoms with van der Waals surface area (Å²) in [6, 6.07) is -0.733. The van der Waals surface area contributed by atoms with E-state index in [9.17, 15) is 19.5 Å². The van der Waals surface area contributed by atoms with Crippen molar-refractivity contribution in [3.63, 3.8) is 0 Å². The van der Waals surface area contributed by atoms with Crippen LogP contribution in [0.2, 0.25) is 0 Å². The molecule has 196 valence electrons. The van der Waals surface area contributed by atoms with Gasteiger partial charge in [0, 0.05) is 39.8 Å². The summed E-state index contributed by atoms with van der Waals surface area (Å²) in [4.78, 5) is 46.4. The minimum Gasteiger partial charge on any atom is -0.396 e. The smallest absolute Gasteiger partial charge is 0.248 e. The van der Waals surface area contributed by atoms with Crippen molar-refractivity contribution in [2.75, 3.05) is 39.8 Å². The molecule has 3 amide bonds. The zero-order chi connectivity index (χ0) is 25.6. The van der Waals surface area contributed by atoms with Crippen molar-refractivity contribution in [1.29, 1.82) is 0 Å². The SMILES string of the molecule is C=CCN(C)C(=O)[C@@H]1[C@H]2C(=O)N(CCCCCO)C(C(=O)N(CC=C)CCCCC)C23CC[C@H]1O3. The van der Waals surface area contributed by atoms with E-state index in [0.29, 0.717) is 51.9 Å². The van der Waals surface area contributed by atoms with Gasteiger partial charge in [0.2, 0.25) is 17.7 Å². The van der Waals surface area contributed by atoms with Gasteiger partial charge in [-0.2, -0.15) is 0 Å². The van der Waals surface area contributed by atoms with E-state index in [1.807, 2.05) is 0 Å². The number of carbonyl (C=O) groups is 3. The number of likely N-dealkylation sites (N-methyl/N-ethyl adjacent to an activating group) is 1. The Balaban J connectivity index is 1.94. The number of unbranched alkanes of at least 4 members (excludes halogenated alkanes) is 4. The average molecular weight is 490 g/mol. The molecule has 8 heteroatoms. The van der Waals surface area contributed by atoms with E-state index < -0.39 is 23.5 Å². The van der Waals surface area contributed by atoms with Crippen LogP contribution in [0.15, 0.2) is 25.3 Å². The van der Waals surface area contributed by atoms with Crippen molar-refractivity contribution in [2.24, 2.45) is 11.8 Å². The third-order valence-corrected chi connectivity index (χ3v) is 7.85. The summed E-state index contributed by atoms with van der Waals surface area (Å²) in [5, 5.41) is 9.17. The lowest BCUT2D eigenvalue weighted by molar-refractivity contribution is -0.148. The van der Waals surface area contributed by atoms with Gasteiger partial charge in [0.25, 0.3) is 0 Å². The second-order valence-corrected chi connectivity index (χ2v) is 10.2. The number of rotatable bonds is 15. The molecule has 3 saturated heterocycles. The fourth-order valence-corrected chi connectivity index (χ4v) is 6.24. The van der Waals surface area contributed by atoms with Crippen molar-refractivity contribution in [3.8, 4) is 0 Å². The number of nitrogens with zero attached hydrogens (tertiary/aromatic N) is 3. The quantitative estimate of drug-likeness (QED) is 0.282. The van der Waals surface area contributed by atoms with Crippen LogP contribution in [0.4, 0.5) is 0 Å². The number of fused-ring (bicyclic) bond motifs is 1. The minimum absolute atomic E-state index is 0.102. The zero-order valence-corrected chi connectivity index (χ0v) is 21.5. The van der Waals surface area contributed by atoms with Crippen LogP contribution < -0.4 is 0 Å². The lowest BCUT2D eigenvalue weighted by Gasteiger charge is -2.37. The molecule has 2 unspecified atom stereocenters. The number of likely N-dealkylation sites (tertiary alicyclic amines) is 1. The van der Waals surface area contributed by atoms with Crippen molar-refractivity contribution in [1.82, 2.24) is 14.7 Å². The number of amides is 3. The van der Waals surface area contributed by atoms with Gasteiger partial charge in [-0.05, 0) is 38.5 Å². The molecule has 0 aromatic rings. The molecule has 1 spiro atoms. The van der Waals surface area contributed by atoms with E-state index >= 15 is 0 Å². The molecule has 3 rings (SSSR count). The van der Waals surface area contributed by atoms with Gasteiger partial charge < -0.3 is 24.5 Å². The Morgan fingerprint density at radius 1 is 1.14 bits per heavy atom. The van der Waals surface area contributed by atoms with Crippen molar-refractivity contribution >= 4 is 17.7 Å². The van der Waals surface area contributed by atoms with E-state index in [-0.39, 0.29) is 30.4 Å². The standard InChI is InChI=1S/C27H43N3O5/c1-5-8-10-17-29(16-7-3)26(34)23-27-14-13-20(35-27)21(24(32)28(4)15-6-2)22(27)25(33)30(23)18-11-9-12-19-31/h6-7,20-23,31H,2-3,5,8-19H2,1,4H3/t20-,21+,22+,23?,27?/m1/s1. The maximum atomic E-state index is 14.1. The van der Waals surface area contributed by atoms with Crippen molar-refractivity contribution in [3.05, 3.63) is 25.3 Å². The largest absolute Gasteiger partial charge is 0.396 e. The predicted octanol–water partition coefficient (Wildman–Crippen LogP) is 2.37. The van der Waals surface area contributed by atoms with Crippen LogP contribution in [-0.4, -0.2) is 95.1 Å². The Kier molecular flexibility index (Phi) is 9.53. The van der Waals surface area contributed by atoms with Crippen LogP contribution in [0.1, 0.15) is 58.3 Å². The zero-order valence-electron chi connectivity index (χ0n) is 21.5. The third-order valence-electron chi connectivity index (χ3n) is 7.85. The molecular formula is C27H43N3O5. The predicted molar refractivity (Wildman–Crippen MR) is 134 cm³/mol. The van der Waals surface area contributed by atoms with Gasteiger partial charge in [0.05, 0.1) is 17.9 Å². The van der Waals surface area contributed by atoms with Crippen LogP contribution in [0, 0.1) is 11.8 Å². The summed E-state index contributed by atoms with van der Waals surface area (Å²) < 4.78 is 6.51. The third kappa shape index (κ3) is 5.19. The monoisotopic (exact) mass is 489 g/mol. The van der Waals surface area contributed by atoms with E-state index in [2.05, 4.69) is 20.1 Å². The van der Waals surface area contributed by atoms with E-state index in [4.69, 9.17) is 4.74 Å². The first-order valence-corrected chi connectivity index (χ1v) is 13.2. The second-order valence-electron chi connectivity index (χ2n) is 10.2. The summed E-state index contributed by atoms with van der Waals surface area (Å²) in [6.45, 7) is 11.6. The molecule has 8 nitrogen and oxygen atoms in total. The molecule has 3 heterocycles. The summed E-state index contributed by atoms with van der Waals surface area (Å²) in [5.74, 6) is -1.59. The Morgan fingerprint density at radius 3 is 2.54 bits per heavy atom. The summed E-state index contributed by atoms with van der Waals surface area (Å²) in [6.07, 6.45) is 9.39. The Morgan fingerprint density at radius 2 is 1.89 bits per heavy atom. The topological polar surface area (TPSA) is 90.4 Å². The van der Waals surface area contributed by atoms with Crippen LogP contribution >= 0.6 is 0 Å². The molecular weight excluding hydrogens is 446 g/mol. The molecule has 35 heavy (non-hydrogen) atoms. The summed E-state index contributed by atoms with van der Waals surface area (Å²) >= 11 is 0. The molecule has 2 bridgehead atoms. The van der Waals surface area contributed by atoms with E-state index in [1.165, 1.54) is 0 Å². The molecule has 1 N–H and O–H groups in total. The second kappa shape index (κ2) is 12.2. The number of hydrogen-bond acceptors (Lipinski definition) is 5. The van der Waals surface area contributed by atoms with E-state index in [0.717, 1.165) is 25.7 Å². The first kappa shape index (κ1) is 27.4. The van der Waals surface area contributed by atoms with Crippen LogP contribution in [0.3, 0.4) is 0 Å². The molecule has 5 atom stereocenters. The van der Waals surface area contributed by atoms with Gasteiger partial charge in [0.1, 0.15) is 11.6 Å². The molecule has 0 saturated carbocycles. The first-order valence-electron chi connectivity index (χ1n) is 13.2. The normalized spacial score (nSPS) is 28.8. The lowest BCUT2D eigenvalue weighted by atomic mass is 9.70. The highest BCUT2D eigenvalue weighted by molar-refractivity contribution is 5.99. The molecule has 3 aliphatic heterocycles. The number of aliphatic hydroxyl groups is 1. The Labute approximate surface area is 210 Å². The Bertz CT molecular complexity index is 802. The van der Waals surface area contributed by atoms with Crippen LogP contribution in [-0.2, 0) is 19.1 Å². The highest BCUT2D eigenvalue weighted by atomic mass is 16.5. The fraction of sp³-hybridized carbons (Fsp3) is 0.741. The van der Waals surface area contributed by atoms with E-state index in [1.54, 1.807) is 33.9 Å². The molecule has 0 aromatic heterocycles. The molecule has 0 aromatic carbocycles. The molecule has 3 aliphatic rings. The number of ether oxygens (including phenoxy) is 1. The van der Waals surface area contributed by atoms with Gasteiger partial charge >= 0.3 is 0 Å². The summed E-state index contributed by atoms with van der Waals surface area (Å²) in [5.41, 5.74) is -0.963. The van der Waals surface area contributed by atoms with Gasteiger partial charge in [0.15, 0.2) is 0 Å². The van der Waals surface area contributed by atoms with Crippen molar-refractivity contribution in [2.45, 2.75) is 76.0 Å². The molecule has 0 aliphatic carbocycles. The van der Waals surface area contributed by atoms with Crippen LogP contribution in [0.25, 0.3) is 0 Å². The number of hydrogen-bond donors (Lipinski definition) is 1. The van der Waals surface area contributed by atoms with Crippen molar-refractivity contribution < 1.29 is 24.2 Å². The fourth-order valence-electron chi connectivity index (χ4n) is 6.24. The molecule has 3 fully saturated rings. The maximum Gasteiger partial charge on any atom is 0.248 e. The number of carbonyl (C=O) groups excluding carboxylic acids is 3. The lowest BCUT2D eigenvalue weighted by Crippen LogP contribution is -2.56. The summed E-state index contributed by atoms with van der Waals surface area (Å²) in [7, 11) is 1.72. The number of aliphatic hydroxyl groups excluding tert-OH is 1. The van der Waals surface area contributed by atoms with Gasteiger partial charge in [-0.15, -0.1) is 13.2 Å². The van der Waals surface area contributed by atoms with Crippen LogP contribution in [0.5, 0.6) is 0 Å². The average Bonchev–Trinajstić information content (AvgIpc) is 3.48. The maximum absolute atomic E-state index is 14.1. The molecule has 0 radical (unpaired) electrons. The Hall–Kier alpha value is -2.19.